The number of hydrogen-bond donors (Lipinski definition) is 1. The molecule has 1 aromatic rings. The summed E-state index contributed by atoms with van der Waals surface area (Å²) in [6, 6.07) is 0. The van der Waals surface area contributed by atoms with Gasteiger partial charge in [-0.1, -0.05) is 34.6 Å². The Morgan fingerprint density at radius 3 is 2.44 bits per heavy atom. The first-order valence-electron chi connectivity index (χ1n) is 6.30. The maximum absolute atomic E-state index is 4.81. The first-order valence-corrected chi connectivity index (χ1v) is 7.11. The Labute approximate surface area is 103 Å². The molecule has 3 heteroatoms. The lowest BCUT2D eigenvalue weighted by Crippen LogP contribution is -2.12. The molecule has 0 aromatic carbocycles. The minimum atomic E-state index is 0.530. The number of rotatable bonds is 6. The van der Waals surface area contributed by atoms with Crippen molar-refractivity contribution in [1.29, 1.82) is 0 Å². The molecule has 1 rings (SSSR count). The van der Waals surface area contributed by atoms with Crippen LogP contribution in [0.15, 0.2) is 0 Å². The van der Waals surface area contributed by atoms with Gasteiger partial charge < -0.3 is 5.32 Å². The smallest absolute Gasteiger partial charge is 0.0959 e. The van der Waals surface area contributed by atoms with E-state index < -0.39 is 0 Å². The van der Waals surface area contributed by atoms with Crippen LogP contribution in [-0.4, -0.2) is 11.5 Å². The fraction of sp³-hybridized carbons (Fsp3) is 0.769. The van der Waals surface area contributed by atoms with Crippen LogP contribution in [0.25, 0.3) is 0 Å². The Hall–Kier alpha value is -0.410. The molecular weight excluding hydrogens is 216 g/mol. The quantitative estimate of drug-likeness (QED) is 0.816. The number of nitrogens with one attached hydrogen (secondary N) is 1. The van der Waals surface area contributed by atoms with Gasteiger partial charge in [-0.25, -0.2) is 4.98 Å². The van der Waals surface area contributed by atoms with E-state index in [4.69, 9.17) is 4.98 Å². The van der Waals surface area contributed by atoms with Gasteiger partial charge in [0.1, 0.15) is 0 Å². The van der Waals surface area contributed by atoms with Gasteiger partial charge in [0.25, 0.3) is 0 Å². The van der Waals surface area contributed by atoms with E-state index in [-0.39, 0.29) is 0 Å². The third-order valence-corrected chi connectivity index (χ3v) is 4.16. The normalized spacial score (nSPS) is 13.4. The molecule has 0 spiro atoms. The molecule has 1 atom stereocenters. The standard InChI is InChI=1S/C13H24N2S/c1-6-10(5)13-15-12(9(3)4)11(16-13)8-14-7-2/h9-10,14H,6-8H2,1-5H3. The molecular formula is C13H24N2S. The van der Waals surface area contributed by atoms with Gasteiger partial charge in [0.05, 0.1) is 10.7 Å². The summed E-state index contributed by atoms with van der Waals surface area (Å²) in [6.45, 7) is 13.1. The number of aromatic nitrogens is 1. The van der Waals surface area contributed by atoms with Gasteiger partial charge in [0.2, 0.25) is 0 Å². The maximum Gasteiger partial charge on any atom is 0.0959 e. The molecule has 0 fully saturated rings. The Kier molecular flexibility index (Phi) is 5.42. The van der Waals surface area contributed by atoms with E-state index in [1.165, 1.54) is 22.0 Å². The van der Waals surface area contributed by atoms with Crippen molar-refractivity contribution >= 4 is 11.3 Å². The molecule has 0 saturated carbocycles. The van der Waals surface area contributed by atoms with Gasteiger partial charge in [0.15, 0.2) is 0 Å². The van der Waals surface area contributed by atoms with Crippen molar-refractivity contribution in [1.82, 2.24) is 10.3 Å². The summed E-state index contributed by atoms with van der Waals surface area (Å²) in [5.41, 5.74) is 1.29. The van der Waals surface area contributed by atoms with Crippen molar-refractivity contribution < 1.29 is 0 Å². The van der Waals surface area contributed by atoms with E-state index in [2.05, 4.69) is 39.9 Å². The largest absolute Gasteiger partial charge is 0.312 e. The van der Waals surface area contributed by atoms with E-state index in [1.54, 1.807) is 0 Å². The molecule has 1 unspecified atom stereocenters. The van der Waals surface area contributed by atoms with Crippen molar-refractivity contribution in [2.75, 3.05) is 6.54 Å². The van der Waals surface area contributed by atoms with E-state index in [0.717, 1.165) is 13.1 Å². The summed E-state index contributed by atoms with van der Waals surface area (Å²) in [5, 5.41) is 4.71. The van der Waals surface area contributed by atoms with E-state index >= 15 is 0 Å². The molecule has 16 heavy (non-hydrogen) atoms. The zero-order chi connectivity index (χ0) is 12.1. The third-order valence-electron chi connectivity index (χ3n) is 2.86. The molecule has 1 aromatic heterocycles. The van der Waals surface area contributed by atoms with Crippen molar-refractivity contribution in [3.8, 4) is 0 Å². The molecule has 92 valence electrons. The SMILES string of the molecule is CCNCc1sc(C(C)CC)nc1C(C)C. The summed E-state index contributed by atoms with van der Waals surface area (Å²) < 4.78 is 0. The topological polar surface area (TPSA) is 24.9 Å². The van der Waals surface area contributed by atoms with Crippen LogP contribution >= 0.6 is 11.3 Å². The average molecular weight is 240 g/mol. The highest BCUT2D eigenvalue weighted by atomic mass is 32.1. The number of hydrogen-bond acceptors (Lipinski definition) is 3. The highest BCUT2D eigenvalue weighted by molar-refractivity contribution is 7.11. The lowest BCUT2D eigenvalue weighted by Gasteiger charge is -2.05. The van der Waals surface area contributed by atoms with Crippen LogP contribution in [0.2, 0.25) is 0 Å². The van der Waals surface area contributed by atoms with Crippen molar-refractivity contribution in [2.45, 2.75) is 59.4 Å². The minimum Gasteiger partial charge on any atom is -0.312 e. The fourth-order valence-corrected chi connectivity index (χ4v) is 2.91. The maximum atomic E-state index is 4.81. The minimum absolute atomic E-state index is 0.530. The summed E-state index contributed by atoms with van der Waals surface area (Å²) in [5.74, 6) is 1.13. The summed E-state index contributed by atoms with van der Waals surface area (Å²) >= 11 is 1.89. The summed E-state index contributed by atoms with van der Waals surface area (Å²) in [4.78, 5) is 6.24. The second-order valence-electron chi connectivity index (χ2n) is 4.60. The molecule has 0 bridgehead atoms. The average Bonchev–Trinajstić information content (AvgIpc) is 2.69. The molecule has 0 radical (unpaired) electrons. The number of thiazole rings is 1. The van der Waals surface area contributed by atoms with Crippen LogP contribution in [0.4, 0.5) is 0 Å². The Morgan fingerprint density at radius 2 is 1.94 bits per heavy atom. The Morgan fingerprint density at radius 1 is 1.25 bits per heavy atom. The predicted molar refractivity (Wildman–Crippen MR) is 72.3 cm³/mol. The van der Waals surface area contributed by atoms with Gasteiger partial charge in [-0.2, -0.15) is 0 Å². The summed E-state index contributed by atoms with van der Waals surface area (Å²) in [7, 11) is 0. The van der Waals surface area contributed by atoms with Crippen LogP contribution in [-0.2, 0) is 6.54 Å². The van der Waals surface area contributed by atoms with Crippen LogP contribution in [0.1, 0.15) is 68.5 Å². The first kappa shape index (κ1) is 13.7. The second-order valence-corrected chi connectivity index (χ2v) is 5.72. The Balaban J connectivity index is 2.90. The van der Waals surface area contributed by atoms with Gasteiger partial charge >= 0.3 is 0 Å². The molecule has 1 N–H and O–H groups in total. The molecule has 0 aliphatic rings. The first-order chi connectivity index (χ1) is 7.60. The molecule has 1 heterocycles. The number of nitrogens with zero attached hydrogens (tertiary/aromatic N) is 1. The van der Waals surface area contributed by atoms with Gasteiger partial charge in [-0.3, -0.25) is 0 Å². The Bertz CT molecular complexity index is 318. The fourth-order valence-electron chi connectivity index (χ4n) is 1.58. The molecule has 0 saturated heterocycles. The van der Waals surface area contributed by atoms with Crippen molar-refractivity contribution in [3.05, 3.63) is 15.6 Å². The van der Waals surface area contributed by atoms with Crippen LogP contribution in [0.5, 0.6) is 0 Å². The zero-order valence-corrected chi connectivity index (χ0v) is 11.9. The highest BCUT2D eigenvalue weighted by Gasteiger charge is 2.16. The van der Waals surface area contributed by atoms with E-state index in [1.807, 2.05) is 11.3 Å². The van der Waals surface area contributed by atoms with Gasteiger partial charge in [-0.15, -0.1) is 11.3 Å². The van der Waals surface area contributed by atoms with Crippen molar-refractivity contribution in [2.24, 2.45) is 0 Å². The lowest BCUT2D eigenvalue weighted by molar-refractivity contribution is 0.699. The monoisotopic (exact) mass is 240 g/mol. The molecule has 0 aliphatic heterocycles. The highest BCUT2D eigenvalue weighted by Crippen LogP contribution is 2.30. The van der Waals surface area contributed by atoms with Gasteiger partial charge in [0, 0.05) is 17.3 Å². The second kappa shape index (κ2) is 6.36. The zero-order valence-electron chi connectivity index (χ0n) is 11.1. The third kappa shape index (κ3) is 3.29. The van der Waals surface area contributed by atoms with Crippen LogP contribution in [0.3, 0.4) is 0 Å². The summed E-state index contributed by atoms with van der Waals surface area (Å²) in [6.07, 6.45) is 1.17. The van der Waals surface area contributed by atoms with Crippen LogP contribution in [0, 0.1) is 0 Å². The van der Waals surface area contributed by atoms with Crippen molar-refractivity contribution in [3.63, 3.8) is 0 Å². The molecule has 0 amide bonds. The van der Waals surface area contributed by atoms with E-state index in [0.29, 0.717) is 11.8 Å². The predicted octanol–water partition coefficient (Wildman–Crippen LogP) is 3.89. The molecule has 0 aliphatic carbocycles. The molecule has 2 nitrogen and oxygen atoms in total. The van der Waals surface area contributed by atoms with Gasteiger partial charge in [-0.05, 0) is 18.9 Å². The lowest BCUT2D eigenvalue weighted by atomic mass is 10.1. The van der Waals surface area contributed by atoms with Crippen LogP contribution < -0.4 is 5.32 Å². The van der Waals surface area contributed by atoms with E-state index in [9.17, 15) is 0 Å².